The van der Waals surface area contributed by atoms with Crippen molar-refractivity contribution in [2.24, 2.45) is 0 Å². The molecule has 0 spiro atoms. The van der Waals surface area contributed by atoms with Crippen LogP contribution in [0.5, 0.6) is 0 Å². The maximum absolute atomic E-state index is 12.8. The van der Waals surface area contributed by atoms with E-state index >= 15 is 0 Å². The molecule has 0 N–H and O–H groups in total. The Morgan fingerprint density at radius 2 is 2.23 bits per heavy atom. The number of ketones is 1. The minimum atomic E-state index is -0.263. The maximum Gasteiger partial charge on any atom is 0.164 e. The summed E-state index contributed by atoms with van der Waals surface area (Å²) in [5.41, 5.74) is 0.684. The molecule has 0 saturated heterocycles. The van der Waals surface area contributed by atoms with Crippen molar-refractivity contribution < 1.29 is 9.18 Å². The quantitative estimate of drug-likeness (QED) is 0.634. The van der Waals surface area contributed by atoms with Gasteiger partial charge in [0.25, 0.3) is 0 Å². The van der Waals surface area contributed by atoms with Gasteiger partial charge in [-0.1, -0.05) is 0 Å². The van der Waals surface area contributed by atoms with Gasteiger partial charge in [-0.15, -0.1) is 11.8 Å². The van der Waals surface area contributed by atoms with E-state index in [4.69, 9.17) is 0 Å². The first-order valence-corrected chi connectivity index (χ1v) is 5.21. The number of halogens is 1. The number of benzene rings is 1. The van der Waals surface area contributed by atoms with Crippen LogP contribution in [0.25, 0.3) is 0 Å². The molecule has 0 amide bonds. The number of carbonyl (C=O) groups is 1. The second kappa shape index (κ2) is 3.50. The third-order valence-corrected chi connectivity index (χ3v) is 3.19. The summed E-state index contributed by atoms with van der Waals surface area (Å²) in [7, 11) is 0. The minimum absolute atomic E-state index is 0.139. The highest BCUT2D eigenvalue weighted by Crippen LogP contribution is 2.29. The van der Waals surface area contributed by atoms with Gasteiger partial charge in [-0.2, -0.15) is 0 Å². The summed E-state index contributed by atoms with van der Waals surface area (Å²) in [4.78, 5) is 12.3. The summed E-state index contributed by atoms with van der Waals surface area (Å²) in [5.74, 6) is 0.781. The van der Waals surface area contributed by atoms with Crippen LogP contribution in [-0.2, 0) is 0 Å². The van der Waals surface area contributed by atoms with Crippen LogP contribution in [0.1, 0.15) is 23.2 Å². The molecule has 0 bridgehead atoms. The molecule has 1 aromatic carbocycles. The highest BCUT2D eigenvalue weighted by molar-refractivity contribution is 7.99. The zero-order valence-electron chi connectivity index (χ0n) is 7.05. The lowest BCUT2D eigenvalue weighted by Gasteiger charge is -2.02. The molecule has 1 aliphatic heterocycles. The SMILES string of the molecule is O=C1CCCSc2cc(F)ccc21. The summed E-state index contributed by atoms with van der Waals surface area (Å²) in [6.45, 7) is 0. The van der Waals surface area contributed by atoms with E-state index in [1.807, 2.05) is 0 Å². The minimum Gasteiger partial charge on any atom is -0.294 e. The first kappa shape index (κ1) is 8.75. The average molecular weight is 196 g/mol. The van der Waals surface area contributed by atoms with E-state index in [-0.39, 0.29) is 11.6 Å². The van der Waals surface area contributed by atoms with Gasteiger partial charge in [-0.3, -0.25) is 4.79 Å². The summed E-state index contributed by atoms with van der Waals surface area (Å²) in [5, 5.41) is 0. The largest absolute Gasteiger partial charge is 0.294 e. The maximum atomic E-state index is 12.8. The molecule has 3 heteroatoms. The van der Waals surface area contributed by atoms with Gasteiger partial charge in [-0.05, 0) is 30.4 Å². The van der Waals surface area contributed by atoms with Gasteiger partial charge in [0.2, 0.25) is 0 Å². The van der Waals surface area contributed by atoms with Crippen LogP contribution < -0.4 is 0 Å². The van der Waals surface area contributed by atoms with E-state index in [1.165, 1.54) is 12.1 Å². The Kier molecular flexibility index (Phi) is 2.36. The Hall–Kier alpha value is -0.830. The molecular weight excluding hydrogens is 187 g/mol. The summed E-state index contributed by atoms with van der Waals surface area (Å²) in [6, 6.07) is 4.39. The van der Waals surface area contributed by atoms with E-state index in [9.17, 15) is 9.18 Å². The fourth-order valence-electron chi connectivity index (χ4n) is 1.40. The second-order valence-corrected chi connectivity index (χ2v) is 4.15. The number of hydrogen-bond acceptors (Lipinski definition) is 2. The van der Waals surface area contributed by atoms with Crippen LogP contribution in [-0.4, -0.2) is 11.5 Å². The van der Waals surface area contributed by atoms with Gasteiger partial charge in [0.15, 0.2) is 5.78 Å². The molecule has 0 fully saturated rings. The van der Waals surface area contributed by atoms with Crippen LogP contribution in [0.2, 0.25) is 0 Å². The third kappa shape index (κ3) is 1.75. The van der Waals surface area contributed by atoms with Gasteiger partial charge in [0.1, 0.15) is 5.82 Å². The summed E-state index contributed by atoms with van der Waals surface area (Å²) in [6.07, 6.45) is 1.48. The van der Waals surface area contributed by atoms with Crippen LogP contribution in [0.3, 0.4) is 0 Å². The number of carbonyl (C=O) groups excluding carboxylic acids is 1. The number of thioether (sulfide) groups is 1. The van der Waals surface area contributed by atoms with Gasteiger partial charge < -0.3 is 0 Å². The Morgan fingerprint density at radius 3 is 3.08 bits per heavy atom. The van der Waals surface area contributed by atoms with Crippen LogP contribution in [0, 0.1) is 5.82 Å². The first-order valence-electron chi connectivity index (χ1n) is 4.23. The lowest BCUT2D eigenvalue weighted by Crippen LogP contribution is -1.98. The van der Waals surface area contributed by atoms with Crippen molar-refractivity contribution in [1.82, 2.24) is 0 Å². The van der Waals surface area contributed by atoms with Crippen LogP contribution >= 0.6 is 11.8 Å². The zero-order chi connectivity index (χ0) is 9.26. The first-order chi connectivity index (χ1) is 6.27. The van der Waals surface area contributed by atoms with E-state index in [0.717, 1.165) is 17.1 Å². The van der Waals surface area contributed by atoms with Crippen LogP contribution in [0.4, 0.5) is 4.39 Å². The Morgan fingerprint density at radius 1 is 1.38 bits per heavy atom. The van der Waals surface area contributed by atoms with E-state index in [1.54, 1.807) is 17.8 Å². The monoisotopic (exact) mass is 196 g/mol. The predicted octanol–water partition coefficient (Wildman–Crippen LogP) is 2.89. The van der Waals surface area contributed by atoms with E-state index in [0.29, 0.717) is 12.0 Å². The highest BCUT2D eigenvalue weighted by atomic mass is 32.2. The molecule has 0 unspecified atom stereocenters. The molecule has 1 nitrogen and oxygen atoms in total. The molecule has 0 aromatic heterocycles. The fraction of sp³-hybridized carbons (Fsp3) is 0.300. The smallest absolute Gasteiger partial charge is 0.164 e. The standard InChI is InChI=1S/C10H9FOS/c11-7-3-4-8-9(12)2-1-5-13-10(8)6-7/h3-4,6H,1-2,5H2. The number of Topliss-reactive ketones (excluding diaryl/α,β-unsaturated/α-hetero) is 1. The topological polar surface area (TPSA) is 17.1 Å². The number of rotatable bonds is 0. The van der Waals surface area contributed by atoms with Crippen LogP contribution in [0.15, 0.2) is 23.1 Å². The predicted molar refractivity (Wildman–Crippen MR) is 50.7 cm³/mol. The molecule has 0 radical (unpaired) electrons. The van der Waals surface area contributed by atoms with Crippen molar-refractivity contribution >= 4 is 17.5 Å². The van der Waals surface area contributed by atoms with Gasteiger partial charge in [0.05, 0.1) is 0 Å². The summed E-state index contributed by atoms with van der Waals surface area (Å²) >= 11 is 1.57. The molecule has 0 aliphatic carbocycles. The second-order valence-electron chi connectivity index (χ2n) is 3.02. The normalized spacial score (nSPS) is 16.5. The van der Waals surface area contributed by atoms with Crippen molar-refractivity contribution in [1.29, 1.82) is 0 Å². The van der Waals surface area contributed by atoms with E-state index in [2.05, 4.69) is 0 Å². The molecule has 0 saturated carbocycles. The molecule has 1 aromatic rings. The van der Waals surface area contributed by atoms with Gasteiger partial charge in [-0.25, -0.2) is 4.39 Å². The van der Waals surface area contributed by atoms with Crippen molar-refractivity contribution in [2.75, 3.05) is 5.75 Å². The Labute approximate surface area is 80.3 Å². The lowest BCUT2D eigenvalue weighted by atomic mass is 10.1. The van der Waals surface area contributed by atoms with Gasteiger partial charge in [0, 0.05) is 16.9 Å². The number of fused-ring (bicyclic) bond motifs is 1. The molecule has 1 aliphatic rings. The van der Waals surface area contributed by atoms with E-state index < -0.39 is 0 Å². The third-order valence-electron chi connectivity index (χ3n) is 2.05. The highest BCUT2D eigenvalue weighted by Gasteiger charge is 2.15. The Balaban J connectivity index is 2.48. The van der Waals surface area contributed by atoms with Crippen molar-refractivity contribution in [3.8, 4) is 0 Å². The van der Waals surface area contributed by atoms with Crippen molar-refractivity contribution in [3.05, 3.63) is 29.6 Å². The molecule has 0 atom stereocenters. The average Bonchev–Trinajstić information content (AvgIpc) is 2.28. The molecule has 1 heterocycles. The molecule has 68 valence electrons. The van der Waals surface area contributed by atoms with Crippen molar-refractivity contribution in [3.63, 3.8) is 0 Å². The molecule has 13 heavy (non-hydrogen) atoms. The molecule has 2 rings (SSSR count). The van der Waals surface area contributed by atoms with Crippen molar-refractivity contribution in [2.45, 2.75) is 17.7 Å². The summed E-state index contributed by atoms with van der Waals surface area (Å²) < 4.78 is 12.8. The fourth-order valence-corrected chi connectivity index (χ4v) is 2.44. The zero-order valence-corrected chi connectivity index (χ0v) is 7.86. The van der Waals surface area contributed by atoms with Gasteiger partial charge >= 0.3 is 0 Å². The Bertz CT molecular complexity index is 349. The molecular formula is C10H9FOS. The lowest BCUT2D eigenvalue weighted by molar-refractivity contribution is 0.0980. The number of hydrogen-bond donors (Lipinski definition) is 0.